The average Bonchev–Trinajstić information content (AvgIpc) is 3.79. The summed E-state index contributed by atoms with van der Waals surface area (Å²) in [6.07, 6.45) is 6.25. The molecule has 0 unspecified atom stereocenters. The smallest absolute Gasteiger partial charge is 0.510 e. The molecule has 2 aromatic heterocycles. The van der Waals surface area contributed by atoms with Gasteiger partial charge in [-0.1, -0.05) is 93.7 Å². The molecule has 8 aromatic rings. The van der Waals surface area contributed by atoms with Crippen LogP contribution >= 0.6 is 0 Å². The Labute approximate surface area is 308 Å². The van der Waals surface area contributed by atoms with Crippen LogP contribution in [0.25, 0.3) is 60.1 Å². The van der Waals surface area contributed by atoms with Crippen LogP contribution in [-0.4, -0.2) is 21.3 Å². The zero-order valence-corrected chi connectivity index (χ0v) is 31.4. The number of rotatable bonds is 4. The maximum absolute atomic E-state index is 5.31. The van der Waals surface area contributed by atoms with E-state index < -0.39 is 0 Å². The van der Waals surface area contributed by atoms with E-state index in [4.69, 9.17) is 4.98 Å². The first-order valence-electron chi connectivity index (χ1n) is 17.1. The number of benzene rings is 6. The molecule has 0 spiro atoms. The van der Waals surface area contributed by atoms with Crippen LogP contribution in [0.2, 0.25) is 0 Å². The number of hydrogen-bond acceptors (Lipinski definition) is 3. The third kappa shape index (κ3) is 5.85. The maximum Gasteiger partial charge on any atom is 3.00 e. The first kappa shape index (κ1) is 33.5. The first-order valence-corrected chi connectivity index (χ1v) is 17.1. The Balaban J connectivity index is 0.000000255. The molecule has 248 valence electrons. The SMILES string of the molecule is CC(C)c1cccc(C(C)C)c1-c1cn2c3ccc4c5ccccc5ccc4c3c3ccc[c-]c3c2n1.CN1C=CN(c2[c-]cccc2)[CH-]1.[Ir+3]. The van der Waals surface area contributed by atoms with E-state index in [9.17, 15) is 0 Å². The largest absolute Gasteiger partial charge is 3.00 e. The van der Waals surface area contributed by atoms with Crippen molar-refractivity contribution in [2.24, 2.45) is 0 Å². The summed E-state index contributed by atoms with van der Waals surface area (Å²) < 4.78 is 2.29. The van der Waals surface area contributed by atoms with Crippen LogP contribution in [0.1, 0.15) is 50.7 Å². The third-order valence-electron chi connectivity index (χ3n) is 9.59. The Morgan fingerprint density at radius 1 is 0.660 bits per heavy atom. The molecule has 6 aromatic carbocycles. The molecule has 0 saturated carbocycles. The van der Waals surface area contributed by atoms with Gasteiger partial charge in [-0.2, -0.15) is 37.0 Å². The Morgan fingerprint density at radius 2 is 1.38 bits per heavy atom. The monoisotopic (exact) mass is 828 g/mol. The van der Waals surface area contributed by atoms with E-state index in [1.54, 1.807) is 0 Å². The van der Waals surface area contributed by atoms with Gasteiger partial charge >= 0.3 is 20.1 Å². The van der Waals surface area contributed by atoms with E-state index in [1.807, 2.05) is 66.2 Å². The van der Waals surface area contributed by atoms with E-state index in [2.05, 4.69) is 129 Å². The third-order valence-corrected chi connectivity index (χ3v) is 9.59. The molecule has 0 radical (unpaired) electrons. The van der Waals surface area contributed by atoms with Gasteiger partial charge in [0.2, 0.25) is 0 Å². The van der Waals surface area contributed by atoms with Crippen LogP contribution in [0.4, 0.5) is 5.69 Å². The summed E-state index contributed by atoms with van der Waals surface area (Å²) >= 11 is 0. The predicted molar refractivity (Wildman–Crippen MR) is 207 cm³/mol. The standard InChI is InChI=1S/C35H29N2.C10H10N2.Ir/c1-21(2)24-14-9-15-25(22(3)4)33(24)31-20-37-32-19-18-27-26-11-6-5-10-23(26)16-17-29(27)34(32)28-12-7-8-13-30(28)35(37)36-31;1-11-7-8-12(9-11)10-5-3-2-4-6-10;/h5-12,14-22H,1-4H3;2-5,7-9H,1H3;/q-1;-2;+3. The van der Waals surface area contributed by atoms with Crippen molar-refractivity contribution in [3.8, 4) is 11.3 Å². The second-order valence-corrected chi connectivity index (χ2v) is 13.5. The molecule has 0 fully saturated rings. The van der Waals surface area contributed by atoms with Gasteiger partial charge < -0.3 is 14.2 Å². The van der Waals surface area contributed by atoms with Crippen LogP contribution in [0, 0.1) is 18.8 Å². The molecule has 1 aliphatic rings. The van der Waals surface area contributed by atoms with E-state index >= 15 is 0 Å². The zero-order chi connectivity index (χ0) is 33.6. The number of fused-ring (bicyclic) bond motifs is 10. The van der Waals surface area contributed by atoms with Crippen LogP contribution < -0.4 is 4.90 Å². The van der Waals surface area contributed by atoms with Crippen molar-refractivity contribution >= 4 is 54.6 Å². The van der Waals surface area contributed by atoms with Gasteiger partial charge in [0.15, 0.2) is 0 Å². The number of anilines is 1. The number of nitrogens with zero attached hydrogens (tertiary/aromatic N) is 4. The number of para-hydroxylation sites is 1. The van der Waals surface area contributed by atoms with Crippen molar-refractivity contribution in [3.05, 3.63) is 158 Å². The van der Waals surface area contributed by atoms with Gasteiger partial charge in [0.25, 0.3) is 0 Å². The molecule has 0 amide bonds. The Kier molecular flexibility index (Phi) is 9.22. The summed E-state index contributed by atoms with van der Waals surface area (Å²) in [5.74, 6) is 0.826. The normalized spacial score (nSPS) is 12.9. The molecule has 0 aliphatic carbocycles. The minimum absolute atomic E-state index is 0. The van der Waals surface area contributed by atoms with Crippen molar-refractivity contribution in [1.29, 1.82) is 0 Å². The van der Waals surface area contributed by atoms with Crippen molar-refractivity contribution < 1.29 is 20.1 Å². The number of hydrogen-bond donors (Lipinski definition) is 0. The Morgan fingerprint density at radius 3 is 2.10 bits per heavy atom. The molecule has 3 heterocycles. The van der Waals surface area contributed by atoms with E-state index in [1.165, 1.54) is 54.5 Å². The summed E-state index contributed by atoms with van der Waals surface area (Å²) in [5, 5.41) is 8.62. The molecule has 1 aliphatic heterocycles. The van der Waals surface area contributed by atoms with Gasteiger partial charge in [0.05, 0.1) is 11.3 Å². The Hall–Kier alpha value is -4.96. The van der Waals surface area contributed by atoms with Crippen LogP contribution in [-0.2, 0) is 20.1 Å². The van der Waals surface area contributed by atoms with E-state index in [-0.39, 0.29) is 20.1 Å². The van der Waals surface area contributed by atoms with Crippen LogP contribution in [0.5, 0.6) is 0 Å². The van der Waals surface area contributed by atoms with Crippen molar-refractivity contribution in [1.82, 2.24) is 14.3 Å². The van der Waals surface area contributed by atoms with Gasteiger partial charge in [-0.15, -0.1) is 35.3 Å². The van der Waals surface area contributed by atoms with E-state index in [0.717, 1.165) is 22.4 Å². The van der Waals surface area contributed by atoms with Crippen molar-refractivity contribution in [2.45, 2.75) is 39.5 Å². The molecule has 0 saturated heterocycles. The predicted octanol–water partition coefficient (Wildman–Crippen LogP) is 11.5. The summed E-state index contributed by atoms with van der Waals surface area (Å²) in [7, 11) is 2.00. The topological polar surface area (TPSA) is 23.8 Å². The van der Waals surface area contributed by atoms with E-state index in [0.29, 0.717) is 11.8 Å². The number of aromatic nitrogens is 2. The molecular formula is C45H39IrN4. The first-order chi connectivity index (χ1) is 23.9. The molecular weight excluding hydrogens is 789 g/mol. The fourth-order valence-corrected chi connectivity index (χ4v) is 7.24. The van der Waals surface area contributed by atoms with Crippen LogP contribution in [0.3, 0.4) is 0 Å². The number of pyridine rings is 1. The minimum Gasteiger partial charge on any atom is -0.510 e. The van der Waals surface area contributed by atoms with Gasteiger partial charge in [-0.05, 0) is 75.4 Å². The second-order valence-electron chi connectivity index (χ2n) is 13.5. The zero-order valence-electron chi connectivity index (χ0n) is 29.0. The van der Waals surface area contributed by atoms with Gasteiger partial charge in [0, 0.05) is 17.3 Å². The van der Waals surface area contributed by atoms with Crippen molar-refractivity contribution in [2.75, 3.05) is 11.9 Å². The van der Waals surface area contributed by atoms with Gasteiger partial charge in [0.1, 0.15) is 0 Å². The molecule has 0 bridgehead atoms. The summed E-state index contributed by atoms with van der Waals surface area (Å²) in [6.45, 7) is 11.1. The molecule has 0 N–H and O–H groups in total. The molecule has 9 rings (SSSR count). The summed E-state index contributed by atoms with van der Waals surface area (Å²) in [5.41, 5.74) is 8.23. The molecule has 4 nitrogen and oxygen atoms in total. The summed E-state index contributed by atoms with van der Waals surface area (Å²) in [4.78, 5) is 9.34. The minimum atomic E-state index is 0. The molecule has 50 heavy (non-hydrogen) atoms. The fraction of sp³-hybridized carbons (Fsp3) is 0.156. The van der Waals surface area contributed by atoms with Crippen LogP contribution in [0.15, 0.2) is 128 Å². The van der Waals surface area contributed by atoms with Gasteiger partial charge in [-0.25, -0.2) is 0 Å². The maximum atomic E-state index is 5.31. The Bertz CT molecular complexity index is 2490. The number of imidazole rings is 1. The van der Waals surface area contributed by atoms with Crippen molar-refractivity contribution in [3.63, 3.8) is 0 Å². The average molecular weight is 828 g/mol. The molecule has 5 heteroatoms. The second kappa shape index (κ2) is 13.7. The fourth-order valence-electron chi connectivity index (χ4n) is 7.24. The molecule has 0 atom stereocenters. The van der Waals surface area contributed by atoms with Gasteiger partial charge in [-0.3, -0.25) is 4.98 Å². The quantitative estimate of drug-likeness (QED) is 0.130. The summed E-state index contributed by atoms with van der Waals surface area (Å²) in [6, 6.07) is 45.4.